The molecule has 2 atom stereocenters. The minimum absolute atomic E-state index is 0.159. The molecule has 12 heavy (non-hydrogen) atoms. The van der Waals surface area contributed by atoms with Gasteiger partial charge in [0, 0.05) is 5.41 Å². The molecule has 2 heteroatoms. The molecule has 0 spiro atoms. The Bertz CT molecular complexity index is 198. The zero-order valence-electron chi connectivity index (χ0n) is 7.80. The molecule has 1 rings (SSSR count). The van der Waals surface area contributed by atoms with E-state index in [1.54, 1.807) is 0 Å². The Balaban J connectivity index is 2.78. The van der Waals surface area contributed by atoms with Gasteiger partial charge in [-0.3, -0.25) is 4.79 Å². The van der Waals surface area contributed by atoms with Gasteiger partial charge in [-0.05, 0) is 19.3 Å². The van der Waals surface area contributed by atoms with Gasteiger partial charge in [-0.1, -0.05) is 20.3 Å². The minimum atomic E-state index is -0.316. The average molecular weight is 168 g/mol. The summed E-state index contributed by atoms with van der Waals surface area (Å²) in [6.07, 6.45) is 4.40. The van der Waals surface area contributed by atoms with Gasteiger partial charge in [0.1, 0.15) is 12.1 Å². The lowest BCUT2D eigenvalue weighted by Crippen LogP contribution is -2.37. The van der Waals surface area contributed by atoms with Crippen LogP contribution in [0, 0.1) is 11.3 Å². The molecule has 1 fully saturated rings. The van der Waals surface area contributed by atoms with Gasteiger partial charge in [-0.15, -0.1) is 0 Å². The lowest BCUT2D eigenvalue weighted by molar-refractivity contribution is -0.138. The fourth-order valence-electron chi connectivity index (χ4n) is 1.89. The number of ketones is 1. The van der Waals surface area contributed by atoms with Crippen LogP contribution < -0.4 is 0 Å². The van der Waals surface area contributed by atoms with Crippen LogP contribution in [-0.2, 0) is 9.59 Å². The number of Topliss-reactive ketones (excluding diaryl/α,β-unsaturated/α-hetero) is 1. The Morgan fingerprint density at radius 2 is 2.33 bits per heavy atom. The summed E-state index contributed by atoms with van der Waals surface area (Å²) in [6, 6.07) is 0. The van der Waals surface area contributed by atoms with Crippen molar-refractivity contribution in [3.05, 3.63) is 0 Å². The summed E-state index contributed by atoms with van der Waals surface area (Å²) >= 11 is 0. The summed E-state index contributed by atoms with van der Waals surface area (Å²) in [5.41, 5.74) is -0.218. The zero-order valence-corrected chi connectivity index (χ0v) is 7.80. The van der Waals surface area contributed by atoms with Gasteiger partial charge < -0.3 is 4.79 Å². The van der Waals surface area contributed by atoms with E-state index in [2.05, 4.69) is 0 Å². The molecule has 1 aliphatic carbocycles. The minimum Gasteiger partial charge on any atom is -0.303 e. The van der Waals surface area contributed by atoms with Gasteiger partial charge in [0.15, 0.2) is 0 Å². The SMILES string of the molecule is CCC1(C)CCCC(C=O)C1=O. The van der Waals surface area contributed by atoms with Crippen LogP contribution in [0.3, 0.4) is 0 Å². The first kappa shape index (κ1) is 9.43. The second kappa shape index (κ2) is 3.38. The predicted octanol–water partition coefficient (Wildman–Crippen LogP) is 1.97. The van der Waals surface area contributed by atoms with E-state index >= 15 is 0 Å². The van der Waals surface area contributed by atoms with Crippen molar-refractivity contribution < 1.29 is 9.59 Å². The van der Waals surface area contributed by atoms with Crippen LogP contribution in [0.4, 0.5) is 0 Å². The largest absolute Gasteiger partial charge is 0.303 e. The topological polar surface area (TPSA) is 34.1 Å². The molecular formula is C10H16O2. The lowest BCUT2D eigenvalue weighted by Gasteiger charge is -2.33. The molecule has 0 heterocycles. The second-order valence-electron chi connectivity index (χ2n) is 3.91. The van der Waals surface area contributed by atoms with Crippen molar-refractivity contribution in [2.75, 3.05) is 0 Å². The maximum atomic E-state index is 11.7. The van der Waals surface area contributed by atoms with E-state index in [1.807, 2.05) is 13.8 Å². The number of hydrogen-bond acceptors (Lipinski definition) is 2. The Morgan fingerprint density at radius 3 is 2.83 bits per heavy atom. The first-order valence-electron chi connectivity index (χ1n) is 4.63. The summed E-state index contributed by atoms with van der Waals surface area (Å²) in [6.45, 7) is 4.00. The number of carbonyl (C=O) groups is 2. The van der Waals surface area contributed by atoms with Gasteiger partial charge in [-0.25, -0.2) is 0 Å². The Labute approximate surface area is 73.3 Å². The highest BCUT2D eigenvalue weighted by Crippen LogP contribution is 2.37. The highest BCUT2D eigenvalue weighted by Gasteiger charge is 2.39. The van der Waals surface area contributed by atoms with E-state index in [0.29, 0.717) is 0 Å². The van der Waals surface area contributed by atoms with Crippen LogP contribution in [0.25, 0.3) is 0 Å². The van der Waals surface area contributed by atoms with E-state index in [-0.39, 0.29) is 17.1 Å². The highest BCUT2D eigenvalue weighted by atomic mass is 16.1. The maximum Gasteiger partial charge on any atom is 0.148 e. The summed E-state index contributed by atoms with van der Waals surface area (Å²) in [5.74, 6) is -0.157. The molecule has 0 aromatic heterocycles. The van der Waals surface area contributed by atoms with Crippen molar-refractivity contribution in [2.45, 2.75) is 39.5 Å². The number of hydrogen-bond donors (Lipinski definition) is 0. The Hall–Kier alpha value is -0.660. The third-order valence-electron chi connectivity index (χ3n) is 3.12. The third-order valence-corrected chi connectivity index (χ3v) is 3.12. The van der Waals surface area contributed by atoms with Crippen LogP contribution in [-0.4, -0.2) is 12.1 Å². The predicted molar refractivity (Wildman–Crippen MR) is 46.8 cm³/mol. The number of carbonyl (C=O) groups excluding carboxylic acids is 2. The van der Waals surface area contributed by atoms with Crippen molar-refractivity contribution in [3.8, 4) is 0 Å². The fourth-order valence-corrected chi connectivity index (χ4v) is 1.89. The molecule has 0 aromatic carbocycles. The maximum absolute atomic E-state index is 11.7. The van der Waals surface area contributed by atoms with Crippen LogP contribution in [0.5, 0.6) is 0 Å². The molecule has 1 aliphatic rings. The smallest absolute Gasteiger partial charge is 0.148 e. The quantitative estimate of drug-likeness (QED) is 0.466. The summed E-state index contributed by atoms with van der Waals surface area (Å²) in [5, 5.41) is 0. The molecule has 0 aliphatic heterocycles. The summed E-state index contributed by atoms with van der Waals surface area (Å²) in [7, 11) is 0. The standard InChI is InChI=1S/C10H16O2/c1-3-10(2)6-4-5-8(7-11)9(10)12/h7-8H,3-6H2,1-2H3. The first-order valence-corrected chi connectivity index (χ1v) is 4.63. The molecule has 1 saturated carbocycles. The van der Waals surface area contributed by atoms with E-state index in [0.717, 1.165) is 32.0 Å². The van der Waals surface area contributed by atoms with Crippen molar-refractivity contribution in [3.63, 3.8) is 0 Å². The van der Waals surface area contributed by atoms with Gasteiger partial charge >= 0.3 is 0 Å². The molecule has 0 aromatic rings. The number of aldehydes is 1. The van der Waals surface area contributed by atoms with Crippen molar-refractivity contribution in [1.82, 2.24) is 0 Å². The summed E-state index contributed by atoms with van der Waals surface area (Å²) in [4.78, 5) is 22.2. The number of rotatable bonds is 2. The zero-order chi connectivity index (χ0) is 9.19. The van der Waals surface area contributed by atoms with Crippen molar-refractivity contribution in [2.24, 2.45) is 11.3 Å². The van der Waals surface area contributed by atoms with Crippen LogP contribution in [0.2, 0.25) is 0 Å². The van der Waals surface area contributed by atoms with Gasteiger partial charge in [0.05, 0.1) is 5.92 Å². The van der Waals surface area contributed by atoms with Crippen molar-refractivity contribution in [1.29, 1.82) is 0 Å². The molecule has 0 N–H and O–H groups in total. The Kier molecular flexibility index (Phi) is 2.65. The van der Waals surface area contributed by atoms with Gasteiger partial charge in [0.2, 0.25) is 0 Å². The molecular weight excluding hydrogens is 152 g/mol. The normalized spacial score (nSPS) is 36.5. The monoisotopic (exact) mass is 168 g/mol. The fraction of sp³-hybridized carbons (Fsp3) is 0.800. The molecule has 0 radical (unpaired) electrons. The van der Waals surface area contributed by atoms with Gasteiger partial charge in [-0.2, -0.15) is 0 Å². The Morgan fingerprint density at radius 1 is 1.67 bits per heavy atom. The lowest BCUT2D eigenvalue weighted by atomic mass is 9.69. The molecule has 2 nitrogen and oxygen atoms in total. The average Bonchev–Trinajstić information content (AvgIpc) is 2.10. The van der Waals surface area contributed by atoms with Gasteiger partial charge in [0.25, 0.3) is 0 Å². The van der Waals surface area contributed by atoms with E-state index in [1.165, 1.54) is 0 Å². The molecule has 0 amide bonds. The van der Waals surface area contributed by atoms with E-state index in [4.69, 9.17) is 0 Å². The van der Waals surface area contributed by atoms with Crippen LogP contribution in [0.15, 0.2) is 0 Å². The highest BCUT2D eigenvalue weighted by molar-refractivity contribution is 5.97. The third kappa shape index (κ3) is 1.43. The van der Waals surface area contributed by atoms with E-state index < -0.39 is 0 Å². The molecule has 0 saturated heterocycles. The summed E-state index contributed by atoms with van der Waals surface area (Å²) < 4.78 is 0. The molecule has 0 bridgehead atoms. The van der Waals surface area contributed by atoms with E-state index in [9.17, 15) is 9.59 Å². The first-order chi connectivity index (χ1) is 5.64. The van der Waals surface area contributed by atoms with Crippen LogP contribution >= 0.6 is 0 Å². The second-order valence-corrected chi connectivity index (χ2v) is 3.91. The molecule has 68 valence electrons. The molecule has 2 unspecified atom stereocenters. The van der Waals surface area contributed by atoms with Crippen molar-refractivity contribution >= 4 is 12.1 Å². The van der Waals surface area contributed by atoms with Crippen LogP contribution in [0.1, 0.15) is 39.5 Å².